The summed E-state index contributed by atoms with van der Waals surface area (Å²) in [6.07, 6.45) is 1.17. The van der Waals surface area contributed by atoms with Crippen molar-refractivity contribution in [2.75, 3.05) is 20.8 Å². The van der Waals surface area contributed by atoms with Crippen LogP contribution in [-0.4, -0.2) is 30.7 Å². The van der Waals surface area contributed by atoms with Gasteiger partial charge >= 0.3 is 0 Å². The van der Waals surface area contributed by atoms with Gasteiger partial charge in [0.15, 0.2) is 0 Å². The van der Waals surface area contributed by atoms with Crippen LogP contribution in [0.15, 0.2) is 12.3 Å². The molecule has 0 saturated carbocycles. The molecular weight excluding hydrogens is 171 g/mol. The van der Waals surface area contributed by atoms with Crippen molar-refractivity contribution in [3.05, 3.63) is 23.6 Å². The smallest absolute Gasteiger partial charge is 0.214 e. The normalized spacial score (nSPS) is 10.5. The van der Waals surface area contributed by atoms with Crippen LogP contribution in [0.3, 0.4) is 0 Å². The molecule has 0 N–H and O–H groups in total. The van der Waals surface area contributed by atoms with Crippen LogP contribution in [0.25, 0.3) is 0 Å². The molecule has 0 atom stereocenters. The average Bonchev–Trinajstić information content (AvgIpc) is 2.07. The molecule has 0 radical (unpaired) electrons. The van der Waals surface area contributed by atoms with E-state index in [1.807, 2.05) is 19.0 Å². The van der Waals surface area contributed by atoms with E-state index in [-0.39, 0.29) is 5.82 Å². The van der Waals surface area contributed by atoms with E-state index in [4.69, 9.17) is 4.74 Å². The summed E-state index contributed by atoms with van der Waals surface area (Å²) in [6, 6.07) is 1.58. The third kappa shape index (κ3) is 2.99. The fourth-order valence-corrected chi connectivity index (χ4v) is 0.788. The molecule has 1 aromatic heterocycles. The van der Waals surface area contributed by atoms with E-state index < -0.39 is 0 Å². The Balaban J connectivity index is 2.63. The first kappa shape index (κ1) is 9.92. The second kappa shape index (κ2) is 4.18. The van der Waals surface area contributed by atoms with Crippen LogP contribution in [0.1, 0.15) is 5.56 Å². The summed E-state index contributed by atoms with van der Waals surface area (Å²) in [6.45, 7) is 2.12. The lowest BCUT2D eigenvalue weighted by Crippen LogP contribution is -2.18. The first-order valence-corrected chi connectivity index (χ1v) is 3.99. The predicted octanol–water partition coefficient (Wildman–Crippen LogP) is 1.43. The number of ether oxygens (including phenoxy) is 1. The summed E-state index contributed by atoms with van der Waals surface area (Å²) >= 11 is 0. The van der Waals surface area contributed by atoms with E-state index in [0.717, 1.165) is 0 Å². The van der Waals surface area contributed by atoms with Crippen LogP contribution < -0.4 is 4.74 Å². The third-order valence-corrected chi connectivity index (χ3v) is 1.49. The Morgan fingerprint density at radius 1 is 1.54 bits per heavy atom. The minimum atomic E-state index is -0.308. The minimum Gasteiger partial charge on any atom is -0.461 e. The lowest BCUT2D eigenvalue weighted by atomic mass is 10.3. The highest BCUT2D eigenvalue weighted by molar-refractivity contribution is 5.20. The molecule has 0 aliphatic heterocycles. The molecule has 0 aromatic carbocycles. The van der Waals surface area contributed by atoms with E-state index in [0.29, 0.717) is 18.2 Å². The van der Waals surface area contributed by atoms with Gasteiger partial charge in [0, 0.05) is 6.07 Å². The number of pyridine rings is 1. The van der Waals surface area contributed by atoms with Gasteiger partial charge in [-0.2, -0.15) is 0 Å². The van der Waals surface area contributed by atoms with Gasteiger partial charge in [0.1, 0.15) is 12.5 Å². The summed E-state index contributed by atoms with van der Waals surface area (Å²) < 4.78 is 18.0. The molecule has 0 unspecified atom stereocenters. The van der Waals surface area contributed by atoms with Gasteiger partial charge in [0.05, 0.1) is 6.20 Å². The van der Waals surface area contributed by atoms with Crippen LogP contribution in [0.4, 0.5) is 4.39 Å². The van der Waals surface area contributed by atoms with Crippen LogP contribution in [0.2, 0.25) is 0 Å². The van der Waals surface area contributed by atoms with Gasteiger partial charge in [-0.25, -0.2) is 9.37 Å². The molecule has 0 spiro atoms. The summed E-state index contributed by atoms with van der Waals surface area (Å²) in [4.78, 5) is 5.65. The van der Waals surface area contributed by atoms with Crippen molar-refractivity contribution in [3.63, 3.8) is 0 Å². The number of hydrogen-bond donors (Lipinski definition) is 0. The van der Waals surface area contributed by atoms with E-state index in [9.17, 15) is 4.39 Å². The number of aromatic nitrogens is 1. The van der Waals surface area contributed by atoms with Crippen LogP contribution >= 0.6 is 0 Å². The van der Waals surface area contributed by atoms with Gasteiger partial charge in [-0.05, 0) is 26.6 Å². The molecule has 1 aromatic rings. The molecule has 1 heterocycles. The second-order valence-corrected chi connectivity index (χ2v) is 3.12. The Kier molecular flexibility index (Phi) is 3.19. The van der Waals surface area contributed by atoms with E-state index in [1.54, 1.807) is 13.0 Å². The summed E-state index contributed by atoms with van der Waals surface area (Å²) in [7, 11) is 3.77. The van der Waals surface area contributed by atoms with Crippen LogP contribution in [0, 0.1) is 12.7 Å². The maximum atomic E-state index is 12.8. The molecule has 0 bridgehead atoms. The Morgan fingerprint density at radius 3 is 2.77 bits per heavy atom. The van der Waals surface area contributed by atoms with Crippen molar-refractivity contribution in [2.24, 2.45) is 0 Å². The second-order valence-electron chi connectivity index (χ2n) is 3.12. The van der Waals surface area contributed by atoms with Crippen molar-refractivity contribution in [2.45, 2.75) is 6.92 Å². The highest BCUT2D eigenvalue weighted by Crippen LogP contribution is 2.11. The third-order valence-electron chi connectivity index (χ3n) is 1.49. The fourth-order valence-electron chi connectivity index (χ4n) is 0.788. The SMILES string of the molecule is Cc1cc(OCN(C)C)ncc1F. The van der Waals surface area contributed by atoms with Crippen molar-refractivity contribution < 1.29 is 9.13 Å². The lowest BCUT2D eigenvalue weighted by Gasteiger charge is -2.10. The summed E-state index contributed by atoms with van der Waals surface area (Å²) in [5, 5.41) is 0. The van der Waals surface area contributed by atoms with Crippen molar-refractivity contribution >= 4 is 0 Å². The molecule has 0 saturated heterocycles. The summed E-state index contributed by atoms with van der Waals surface area (Å²) in [5.41, 5.74) is 0.545. The average molecular weight is 184 g/mol. The van der Waals surface area contributed by atoms with Crippen molar-refractivity contribution in [3.8, 4) is 5.88 Å². The largest absolute Gasteiger partial charge is 0.461 e. The maximum absolute atomic E-state index is 12.8. The van der Waals surface area contributed by atoms with E-state index in [2.05, 4.69) is 4.98 Å². The number of rotatable bonds is 3. The quantitative estimate of drug-likeness (QED) is 0.664. The lowest BCUT2D eigenvalue weighted by molar-refractivity contribution is 0.173. The van der Waals surface area contributed by atoms with E-state index in [1.165, 1.54) is 6.20 Å². The van der Waals surface area contributed by atoms with Crippen LogP contribution in [0.5, 0.6) is 5.88 Å². The molecule has 0 aliphatic carbocycles. The summed E-state index contributed by atoms with van der Waals surface area (Å²) in [5.74, 6) is 0.143. The molecule has 0 fully saturated rings. The van der Waals surface area contributed by atoms with Crippen molar-refractivity contribution in [1.82, 2.24) is 9.88 Å². The van der Waals surface area contributed by atoms with Gasteiger partial charge in [-0.15, -0.1) is 0 Å². The predicted molar refractivity (Wildman–Crippen MR) is 48.1 cm³/mol. The number of halogens is 1. The highest BCUT2D eigenvalue weighted by Gasteiger charge is 2.01. The maximum Gasteiger partial charge on any atom is 0.214 e. The molecule has 4 heteroatoms. The number of aryl methyl sites for hydroxylation is 1. The van der Waals surface area contributed by atoms with Gasteiger partial charge < -0.3 is 4.74 Å². The van der Waals surface area contributed by atoms with Crippen LogP contribution in [-0.2, 0) is 0 Å². The number of nitrogens with zero attached hydrogens (tertiary/aromatic N) is 2. The molecular formula is C9H13FN2O. The molecule has 0 aliphatic rings. The molecule has 1 rings (SSSR count). The zero-order valence-electron chi connectivity index (χ0n) is 8.04. The Hall–Kier alpha value is -1.16. The van der Waals surface area contributed by atoms with Gasteiger partial charge in [0.2, 0.25) is 5.88 Å². The highest BCUT2D eigenvalue weighted by atomic mass is 19.1. The molecule has 72 valence electrons. The monoisotopic (exact) mass is 184 g/mol. The zero-order valence-corrected chi connectivity index (χ0v) is 8.04. The minimum absolute atomic E-state index is 0.308. The Bertz CT molecular complexity index is 289. The van der Waals surface area contributed by atoms with Gasteiger partial charge in [0.25, 0.3) is 0 Å². The van der Waals surface area contributed by atoms with E-state index >= 15 is 0 Å². The standard InChI is InChI=1S/C9H13FN2O/c1-7-4-9(11-5-8(7)10)13-6-12(2)3/h4-5H,6H2,1-3H3. The molecule has 0 amide bonds. The molecule has 3 nitrogen and oxygen atoms in total. The van der Waals surface area contributed by atoms with Crippen molar-refractivity contribution in [1.29, 1.82) is 0 Å². The van der Waals surface area contributed by atoms with Gasteiger partial charge in [-0.3, -0.25) is 4.90 Å². The topological polar surface area (TPSA) is 25.4 Å². The zero-order chi connectivity index (χ0) is 9.84. The fraction of sp³-hybridized carbons (Fsp3) is 0.444. The van der Waals surface area contributed by atoms with Gasteiger partial charge in [-0.1, -0.05) is 0 Å². The first-order valence-electron chi connectivity index (χ1n) is 3.99. The Morgan fingerprint density at radius 2 is 2.23 bits per heavy atom. The first-order chi connectivity index (χ1) is 6.09. The molecule has 13 heavy (non-hydrogen) atoms. The Labute approximate surface area is 77.1 Å². The number of hydrogen-bond acceptors (Lipinski definition) is 3.